The Balaban J connectivity index is 2.06. The number of carbonyl (C=O) groups excluding carboxylic acids is 1. The van der Waals surface area contributed by atoms with E-state index < -0.39 is 4.92 Å². The highest BCUT2D eigenvalue weighted by atomic mass is 16.6. The zero-order chi connectivity index (χ0) is 13.8. The van der Waals surface area contributed by atoms with Crippen LogP contribution in [0.4, 0.5) is 11.4 Å². The molecular formula is C13H17N3O3. The Kier molecular flexibility index (Phi) is 4.11. The van der Waals surface area contributed by atoms with E-state index in [1.807, 2.05) is 0 Å². The lowest BCUT2D eigenvalue weighted by molar-refractivity contribution is -0.384. The fraction of sp³-hybridized carbons (Fsp3) is 0.462. The molecule has 1 aromatic rings. The molecule has 1 aliphatic rings. The number of non-ortho nitro benzene ring substituents is 1. The van der Waals surface area contributed by atoms with E-state index in [2.05, 4.69) is 10.6 Å². The number of nitro benzene ring substituents is 1. The Hall–Kier alpha value is -1.95. The lowest BCUT2D eigenvalue weighted by atomic mass is 9.98. The van der Waals surface area contributed by atoms with Crippen LogP contribution in [0.15, 0.2) is 18.2 Å². The molecule has 2 rings (SSSR count). The lowest BCUT2D eigenvalue weighted by Gasteiger charge is -2.22. The molecule has 1 saturated heterocycles. The molecule has 0 bridgehead atoms. The molecule has 0 radical (unpaired) electrons. The van der Waals surface area contributed by atoms with Crippen molar-refractivity contribution in [1.29, 1.82) is 0 Å². The number of nitrogens with zero attached hydrogens (tertiary/aromatic N) is 1. The van der Waals surface area contributed by atoms with Gasteiger partial charge in [-0.25, -0.2) is 0 Å². The van der Waals surface area contributed by atoms with Crippen LogP contribution in [0.2, 0.25) is 0 Å². The minimum absolute atomic E-state index is 0.0239. The van der Waals surface area contributed by atoms with E-state index in [4.69, 9.17) is 0 Å². The van der Waals surface area contributed by atoms with E-state index in [9.17, 15) is 14.9 Å². The minimum Gasteiger partial charge on any atom is -0.326 e. The smallest absolute Gasteiger partial charge is 0.269 e. The van der Waals surface area contributed by atoms with Crippen LogP contribution in [0.5, 0.6) is 0 Å². The monoisotopic (exact) mass is 263 g/mol. The first-order chi connectivity index (χ1) is 9.08. The van der Waals surface area contributed by atoms with E-state index in [0.717, 1.165) is 19.4 Å². The summed E-state index contributed by atoms with van der Waals surface area (Å²) in [5.41, 5.74) is 1.38. The number of hydrogen-bond donors (Lipinski definition) is 2. The van der Waals surface area contributed by atoms with Gasteiger partial charge in [-0.05, 0) is 37.9 Å². The van der Waals surface area contributed by atoms with E-state index in [-0.39, 0.29) is 17.5 Å². The van der Waals surface area contributed by atoms with E-state index in [1.165, 1.54) is 12.1 Å². The Morgan fingerprint density at radius 2 is 2.32 bits per heavy atom. The molecule has 6 nitrogen and oxygen atoms in total. The van der Waals surface area contributed by atoms with Crippen molar-refractivity contribution in [3.05, 3.63) is 33.9 Å². The number of anilines is 1. The normalized spacial score (nSPS) is 18.9. The van der Waals surface area contributed by atoms with Crippen LogP contribution in [0, 0.1) is 23.0 Å². The van der Waals surface area contributed by atoms with Crippen molar-refractivity contribution in [3.63, 3.8) is 0 Å². The molecule has 0 aromatic heterocycles. The van der Waals surface area contributed by atoms with Gasteiger partial charge in [0.2, 0.25) is 5.91 Å². The first-order valence-corrected chi connectivity index (χ1v) is 6.34. The van der Waals surface area contributed by atoms with Gasteiger partial charge in [-0.15, -0.1) is 0 Å². The summed E-state index contributed by atoms with van der Waals surface area (Å²) in [7, 11) is 0. The summed E-state index contributed by atoms with van der Waals surface area (Å²) in [6.45, 7) is 3.40. The summed E-state index contributed by atoms with van der Waals surface area (Å²) >= 11 is 0. The molecule has 1 aromatic carbocycles. The highest BCUT2D eigenvalue weighted by Gasteiger charge is 2.21. The maximum atomic E-state index is 12.1. The number of piperidine rings is 1. The lowest BCUT2D eigenvalue weighted by Crippen LogP contribution is -2.37. The van der Waals surface area contributed by atoms with Gasteiger partial charge in [0, 0.05) is 24.4 Å². The second kappa shape index (κ2) is 5.79. The highest BCUT2D eigenvalue weighted by molar-refractivity contribution is 5.93. The first-order valence-electron chi connectivity index (χ1n) is 6.34. The van der Waals surface area contributed by atoms with Crippen molar-refractivity contribution in [2.24, 2.45) is 5.92 Å². The maximum absolute atomic E-state index is 12.1. The summed E-state index contributed by atoms with van der Waals surface area (Å²) < 4.78 is 0. The van der Waals surface area contributed by atoms with Crippen LogP contribution in [-0.2, 0) is 4.79 Å². The van der Waals surface area contributed by atoms with Crippen LogP contribution < -0.4 is 10.6 Å². The third-order valence-electron chi connectivity index (χ3n) is 3.35. The van der Waals surface area contributed by atoms with Crippen LogP contribution >= 0.6 is 0 Å². The second-order valence-electron chi connectivity index (χ2n) is 4.79. The number of amides is 1. The number of aryl methyl sites for hydroxylation is 1. The molecular weight excluding hydrogens is 246 g/mol. The molecule has 102 valence electrons. The van der Waals surface area contributed by atoms with Gasteiger partial charge in [0.05, 0.1) is 10.8 Å². The number of hydrogen-bond acceptors (Lipinski definition) is 4. The Morgan fingerprint density at radius 1 is 1.53 bits per heavy atom. The quantitative estimate of drug-likeness (QED) is 0.643. The van der Waals surface area contributed by atoms with Gasteiger partial charge in [0.25, 0.3) is 5.69 Å². The largest absolute Gasteiger partial charge is 0.326 e. The average molecular weight is 263 g/mol. The van der Waals surface area contributed by atoms with Crippen LogP contribution in [-0.4, -0.2) is 23.9 Å². The van der Waals surface area contributed by atoms with Crippen molar-refractivity contribution in [2.45, 2.75) is 19.8 Å². The number of rotatable bonds is 3. The number of nitrogens with one attached hydrogen (secondary N) is 2. The number of carbonyl (C=O) groups is 1. The van der Waals surface area contributed by atoms with Crippen LogP contribution in [0.25, 0.3) is 0 Å². The summed E-state index contributed by atoms with van der Waals surface area (Å²) in [6.07, 6.45) is 1.88. The summed E-state index contributed by atoms with van der Waals surface area (Å²) in [5, 5.41) is 16.7. The van der Waals surface area contributed by atoms with Crippen molar-refractivity contribution in [2.75, 3.05) is 18.4 Å². The molecule has 0 saturated carbocycles. The number of benzene rings is 1. The van der Waals surface area contributed by atoms with Crippen molar-refractivity contribution < 1.29 is 9.72 Å². The SMILES string of the molecule is Cc1cc([N+](=O)[O-])ccc1NC(=O)[C@@H]1CCCNC1. The summed E-state index contributed by atoms with van der Waals surface area (Å²) in [6, 6.07) is 4.46. The Bertz CT molecular complexity index is 496. The molecule has 1 aliphatic heterocycles. The molecule has 6 heteroatoms. The van der Waals surface area contributed by atoms with Gasteiger partial charge >= 0.3 is 0 Å². The molecule has 1 heterocycles. The second-order valence-corrected chi connectivity index (χ2v) is 4.79. The minimum atomic E-state index is -0.441. The van der Waals surface area contributed by atoms with Gasteiger partial charge in [0.15, 0.2) is 0 Å². The Labute approximate surface area is 111 Å². The first kappa shape index (κ1) is 13.5. The zero-order valence-corrected chi connectivity index (χ0v) is 10.8. The summed E-state index contributed by atoms with van der Waals surface area (Å²) in [4.78, 5) is 22.3. The van der Waals surface area contributed by atoms with Gasteiger partial charge in [-0.1, -0.05) is 0 Å². The van der Waals surface area contributed by atoms with Gasteiger partial charge in [-0.3, -0.25) is 14.9 Å². The third kappa shape index (κ3) is 3.29. The maximum Gasteiger partial charge on any atom is 0.269 e. The van der Waals surface area contributed by atoms with Crippen molar-refractivity contribution in [1.82, 2.24) is 5.32 Å². The van der Waals surface area contributed by atoms with E-state index in [1.54, 1.807) is 13.0 Å². The molecule has 1 fully saturated rings. The van der Waals surface area contributed by atoms with E-state index >= 15 is 0 Å². The van der Waals surface area contributed by atoms with Crippen molar-refractivity contribution >= 4 is 17.3 Å². The predicted molar refractivity (Wildman–Crippen MR) is 72.1 cm³/mol. The van der Waals surface area contributed by atoms with Crippen LogP contribution in [0.1, 0.15) is 18.4 Å². The molecule has 0 unspecified atom stereocenters. The zero-order valence-electron chi connectivity index (χ0n) is 10.8. The predicted octanol–water partition coefficient (Wildman–Crippen LogP) is 1.84. The van der Waals surface area contributed by atoms with E-state index in [0.29, 0.717) is 17.8 Å². The van der Waals surface area contributed by atoms with Gasteiger partial charge in [-0.2, -0.15) is 0 Å². The number of nitro groups is 1. The van der Waals surface area contributed by atoms with Gasteiger partial charge in [0.1, 0.15) is 0 Å². The fourth-order valence-corrected chi connectivity index (χ4v) is 2.21. The molecule has 1 atom stereocenters. The Morgan fingerprint density at radius 3 is 2.89 bits per heavy atom. The molecule has 0 aliphatic carbocycles. The van der Waals surface area contributed by atoms with Crippen molar-refractivity contribution in [3.8, 4) is 0 Å². The van der Waals surface area contributed by atoms with Crippen LogP contribution in [0.3, 0.4) is 0 Å². The topological polar surface area (TPSA) is 84.3 Å². The third-order valence-corrected chi connectivity index (χ3v) is 3.35. The molecule has 19 heavy (non-hydrogen) atoms. The summed E-state index contributed by atoms with van der Waals surface area (Å²) in [5.74, 6) is -0.0486. The molecule has 1 amide bonds. The van der Waals surface area contributed by atoms with Gasteiger partial charge < -0.3 is 10.6 Å². The standard InChI is InChI=1S/C13H17N3O3/c1-9-7-11(16(18)19)4-5-12(9)15-13(17)10-3-2-6-14-8-10/h4-5,7,10,14H,2-3,6,8H2,1H3,(H,15,17)/t10-/m1/s1. The molecule has 2 N–H and O–H groups in total. The average Bonchev–Trinajstić information content (AvgIpc) is 2.41. The fourth-order valence-electron chi connectivity index (χ4n) is 2.21. The highest BCUT2D eigenvalue weighted by Crippen LogP contribution is 2.22. The molecule has 0 spiro atoms.